The lowest BCUT2D eigenvalue weighted by atomic mass is 10.0. The third-order valence-electron chi connectivity index (χ3n) is 3.95. The van der Waals surface area contributed by atoms with E-state index in [1.807, 2.05) is 18.2 Å². The van der Waals surface area contributed by atoms with Crippen LogP contribution in [0.4, 0.5) is 0 Å². The van der Waals surface area contributed by atoms with Gasteiger partial charge in [-0.2, -0.15) is 5.10 Å². The molecule has 0 spiro atoms. The highest BCUT2D eigenvalue weighted by atomic mass is 32.1. The molecule has 0 saturated carbocycles. The van der Waals surface area contributed by atoms with Crippen LogP contribution >= 0.6 is 11.3 Å². The van der Waals surface area contributed by atoms with Gasteiger partial charge in [-0.15, -0.1) is 11.3 Å². The Bertz CT molecular complexity index is 677. The Hall–Kier alpha value is -1.94. The quantitative estimate of drug-likeness (QED) is 0.669. The van der Waals surface area contributed by atoms with E-state index in [2.05, 4.69) is 36.5 Å². The van der Waals surface area contributed by atoms with Crippen LogP contribution in [0.5, 0.6) is 0 Å². The summed E-state index contributed by atoms with van der Waals surface area (Å²) in [6.07, 6.45) is 5.11. The Morgan fingerprint density at radius 3 is 2.73 bits per heavy atom. The largest absolute Gasteiger partial charge is 0.281 e. The summed E-state index contributed by atoms with van der Waals surface area (Å²) in [5, 5.41) is 4.06. The Labute approximate surface area is 135 Å². The van der Waals surface area contributed by atoms with Crippen molar-refractivity contribution in [2.45, 2.75) is 39.0 Å². The third kappa shape index (κ3) is 3.28. The van der Waals surface area contributed by atoms with Gasteiger partial charge in [0.25, 0.3) is 5.91 Å². The molecule has 0 aliphatic heterocycles. The molecular weight excluding hydrogens is 292 g/mol. The van der Waals surface area contributed by atoms with Crippen LogP contribution in [-0.2, 0) is 12.8 Å². The Balaban J connectivity index is 1.60. The molecular formula is C18H20N2OS. The number of fused-ring (bicyclic) bond motifs is 1. The average molecular weight is 312 g/mol. The average Bonchev–Trinajstić information content (AvgIpc) is 3.09. The monoisotopic (exact) mass is 312 g/mol. The van der Waals surface area contributed by atoms with Crippen molar-refractivity contribution in [3.8, 4) is 0 Å². The smallest absolute Gasteiger partial charge is 0.266 e. The highest BCUT2D eigenvalue weighted by Crippen LogP contribution is 2.30. The minimum atomic E-state index is -0.116. The molecule has 0 radical (unpaired) electrons. The zero-order valence-electron chi connectivity index (χ0n) is 12.9. The van der Waals surface area contributed by atoms with E-state index in [4.69, 9.17) is 0 Å². The van der Waals surface area contributed by atoms with Crippen LogP contribution in [0, 0.1) is 0 Å². The number of nitrogens with one attached hydrogen (secondary N) is 1. The number of aryl methyl sites for hydroxylation is 2. The second kappa shape index (κ2) is 6.44. The van der Waals surface area contributed by atoms with Crippen molar-refractivity contribution in [3.63, 3.8) is 0 Å². The van der Waals surface area contributed by atoms with Crippen LogP contribution in [0.15, 0.2) is 35.4 Å². The zero-order valence-corrected chi connectivity index (χ0v) is 13.7. The molecule has 1 aliphatic carbocycles. The van der Waals surface area contributed by atoms with E-state index in [-0.39, 0.29) is 5.91 Å². The number of carbonyl (C=O) groups is 1. The second-order valence-electron chi connectivity index (χ2n) is 5.93. The molecule has 1 N–H and O–H groups in total. The maximum atomic E-state index is 12.1. The molecule has 1 aromatic carbocycles. The van der Waals surface area contributed by atoms with Crippen molar-refractivity contribution in [2.75, 3.05) is 0 Å². The molecule has 114 valence electrons. The lowest BCUT2D eigenvalue weighted by Gasteiger charge is -2.04. The maximum absolute atomic E-state index is 12.1. The molecule has 0 unspecified atom stereocenters. The van der Waals surface area contributed by atoms with Gasteiger partial charge in [-0.1, -0.05) is 38.1 Å². The first-order chi connectivity index (χ1) is 10.6. The Morgan fingerprint density at radius 2 is 2.05 bits per heavy atom. The molecule has 0 fully saturated rings. The number of thiophene rings is 1. The zero-order chi connectivity index (χ0) is 15.5. The van der Waals surface area contributed by atoms with Crippen molar-refractivity contribution in [2.24, 2.45) is 5.10 Å². The molecule has 0 bridgehead atoms. The molecule has 3 rings (SSSR count). The van der Waals surface area contributed by atoms with Gasteiger partial charge in [-0.05, 0) is 47.9 Å². The Morgan fingerprint density at radius 1 is 1.27 bits per heavy atom. The third-order valence-corrected chi connectivity index (χ3v) is 5.19. The van der Waals surface area contributed by atoms with Gasteiger partial charge < -0.3 is 0 Å². The van der Waals surface area contributed by atoms with Crippen LogP contribution in [0.2, 0.25) is 0 Å². The normalized spacial score (nSPS) is 13.8. The minimum absolute atomic E-state index is 0.116. The Kier molecular flexibility index (Phi) is 4.39. The predicted octanol–water partition coefficient (Wildman–Crippen LogP) is 4.12. The standard InChI is InChI=1S/C18H20N2OS/c1-12(2)14-8-6-13(7-9-14)11-19-20-18(21)17-10-15-4-3-5-16(15)22-17/h6-12H,3-5H2,1-2H3,(H,20,21)/b19-11-. The minimum Gasteiger partial charge on any atom is -0.266 e. The number of nitrogens with zero attached hydrogens (tertiary/aromatic N) is 1. The maximum Gasteiger partial charge on any atom is 0.281 e. The van der Waals surface area contributed by atoms with Crippen molar-refractivity contribution in [1.82, 2.24) is 5.43 Å². The summed E-state index contributed by atoms with van der Waals surface area (Å²) in [5.41, 5.74) is 6.24. The van der Waals surface area contributed by atoms with E-state index >= 15 is 0 Å². The van der Waals surface area contributed by atoms with Gasteiger partial charge in [0.2, 0.25) is 0 Å². The van der Waals surface area contributed by atoms with Crippen LogP contribution in [0.3, 0.4) is 0 Å². The van der Waals surface area contributed by atoms with Gasteiger partial charge in [0.1, 0.15) is 0 Å². The summed E-state index contributed by atoms with van der Waals surface area (Å²) in [7, 11) is 0. The highest BCUT2D eigenvalue weighted by molar-refractivity contribution is 7.14. The summed E-state index contributed by atoms with van der Waals surface area (Å²) in [4.78, 5) is 14.2. The summed E-state index contributed by atoms with van der Waals surface area (Å²) < 4.78 is 0. The fourth-order valence-corrected chi connectivity index (χ4v) is 3.77. The first-order valence-corrected chi connectivity index (χ1v) is 8.50. The molecule has 0 atom stereocenters. The van der Waals surface area contributed by atoms with Gasteiger partial charge in [0.05, 0.1) is 11.1 Å². The molecule has 3 nitrogen and oxygen atoms in total. The van der Waals surface area contributed by atoms with Crippen molar-refractivity contribution >= 4 is 23.5 Å². The van der Waals surface area contributed by atoms with Gasteiger partial charge in [-0.3, -0.25) is 4.79 Å². The number of hydrazone groups is 1. The van der Waals surface area contributed by atoms with Crippen LogP contribution in [0.25, 0.3) is 0 Å². The predicted molar refractivity (Wildman–Crippen MR) is 91.9 cm³/mol. The topological polar surface area (TPSA) is 41.5 Å². The van der Waals surface area contributed by atoms with E-state index < -0.39 is 0 Å². The van der Waals surface area contributed by atoms with Crippen LogP contribution < -0.4 is 5.43 Å². The first-order valence-electron chi connectivity index (χ1n) is 7.68. The summed E-state index contributed by atoms with van der Waals surface area (Å²) in [6, 6.07) is 10.2. The fraction of sp³-hybridized carbons (Fsp3) is 0.333. The molecule has 1 amide bonds. The summed E-state index contributed by atoms with van der Waals surface area (Å²) in [6.45, 7) is 4.34. The van der Waals surface area contributed by atoms with E-state index in [0.717, 1.165) is 23.3 Å². The fourth-order valence-electron chi connectivity index (χ4n) is 2.63. The van der Waals surface area contributed by atoms with Gasteiger partial charge in [0, 0.05) is 4.88 Å². The number of benzene rings is 1. The van der Waals surface area contributed by atoms with Crippen LogP contribution in [0.1, 0.15) is 57.4 Å². The molecule has 1 aliphatic rings. The van der Waals surface area contributed by atoms with Crippen LogP contribution in [-0.4, -0.2) is 12.1 Å². The number of carbonyl (C=O) groups excluding carboxylic acids is 1. The molecule has 22 heavy (non-hydrogen) atoms. The number of rotatable bonds is 4. The number of amides is 1. The molecule has 1 aromatic heterocycles. The van der Waals surface area contributed by atoms with E-state index in [1.54, 1.807) is 17.6 Å². The van der Waals surface area contributed by atoms with Crippen molar-refractivity contribution in [1.29, 1.82) is 0 Å². The number of hydrogen-bond acceptors (Lipinski definition) is 3. The lowest BCUT2D eigenvalue weighted by Crippen LogP contribution is -2.16. The summed E-state index contributed by atoms with van der Waals surface area (Å²) in [5.74, 6) is 0.404. The second-order valence-corrected chi connectivity index (χ2v) is 7.07. The van der Waals surface area contributed by atoms with E-state index in [0.29, 0.717) is 5.92 Å². The summed E-state index contributed by atoms with van der Waals surface area (Å²) >= 11 is 1.60. The molecule has 0 saturated heterocycles. The van der Waals surface area contributed by atoms with Gasteiger partial charge in [-0.25, -0.2) is 5.43 Å². The lowest BCUT2D eigenvalue weighted by molar-refractivity contribution is 0.0959. The highest BCUT2D eigenvalue weighted by Gasteiger charge is 2.17. The van der Waals surface area contributed by atoms with Crippen molar-refractivity contribution < 1.29 is 4.79 Å². The molecule has 4 heteroatoms. The first kappa shape index (κ1) is 15.0. The van der Waals surface area contributed by atoms with E-state index in [1.165, 1.54) is 22.4 Å². The van der Waals surface area contributed by atoms with Gasteiger partial charge >= 0.3 is 0 Å². The number of hydrogen-bond donors (Lipinski definition) is 1. The molecule has 2 aromatic rings. The van der Waals surface area contributed by atoms with Gasteiger partial charge in [0.15, 0.2) is 0 Å². The molecule has 1 heterocycles. The van der Waals surface area contributed by atoms with E-state index in [9.17, 15) is 4.79 Å². The van der Waals surface area contributed by atoms with Crippen molar-refractivity contribution in [3.05, 3.63) is 56.8 Å². The SMILES string of the molecule is CC(C)c1ccc(/C=N\NC(=O)c2cc3c(s2)CCC3)cc1.